The highest BCUT2D eigenvalue weighted by Gasteiger charge is 2.36. The smallest absolute Gasteiger partial charge is 0.382 e. The Morgan fingerprint density at radius 1 is 1.20 bits per heavy atom. The van der Waals surface area contributed by atoms with Gasteiger partial charge in [0.05, 0.1) is 11.4 Å². The number of hydrogen-bond donors (Lipinski definition) is 4. The van der Waals surface area contributed by atoms with Crippen molar-refractivity contribution in [2.75, 3.05) is 11.1 Å². The SMILES string of the molecule is CC(O)(/C(=C/Nc1ccccc1F)N=N)c1cc(-c2cnc(C(F)(F)F)nc2)c2c(N)ncnn12. The largest absolute Gasteiger partial charge is 0.451 e. The van der Waals surface area contributed by atoms with Gasteiger partial charge in [-0.3, -0.25) is 0 Å². The highest BCUT2D eigenvalue weighted by Crippen LogP contribution is 2.38. The predicted molar refractivity (Wildman–Crippen MR) is 116 cm³/mol. The van der Waals surface area contributed by atoms with Gasteiger partial charge >= 0.3 is 6.18 Å². The molecule has 14 heteroatoms. The van der Waals surface area contributed by atoms with Gasteiger partial charge in [-0.1, -0.05) is 12.1 Å². The Kier molecular flexibility index (Phi) is 5.90. The van der Waals surface area contributed by atoms with Crippen molar-refractivity contribution < 1.29 is 22.7 Å². The molecular weight excluding hydrogens is 470 g/mol. The Morgan fingerprint density at radius 2 is 1.89 bits per heavy atom. The zero-order chi connectivity index (χ0) is 25.4. The highest BCUT2D eigenvalue weighted by atomic mass is 19.4. The fraction of sp³-hybridized carbons (Fsp3) is 0.143. The first-order chi connectivity index (χ1) is 16.5. The van der Waals surface area contributed by atoms with E-state index in [2.05, 4.69) is 30.5 Å². The summed E-state index contributed by atoms with van der Waals surface area (Å²) in [6.07, 6.45) is -0.536. The van der Waals surface area contributed by atoms with Gasteiger partial charge in [0.2, 0.25) is 5.82 Å². The molecule has 3 heterocycles. The number of nitrogen functional groups attached to an aromatic ring is 1. The van der Waals surface area contributed by atoms with E-state index in [4.69, 9.17) is 11.3 Å². The number of nitrogens with two attached hydrogens (primary N) is 1. The van der Waals surface area contributed by atoms with E-state index in [9.17, 15) is 22.7 Å². The number of fused-ring (bicyclic) bond motifs is 1. The Hall–Kier alpha value is -4.46. The van der Waals surface area contributed by atoms with Crippen molar-refractivity contribution >= 4 is 17.0 Å². The first-order valence-electron chi connectivity index (χ1n) is 9.88. The minimum atomic E-state index is -4.72. The third kappa shape index (κ3) is 4.38. The zero-order valence-electron chi connectivity index (χ0n) is 17.9. The van der Waals surface area contributed by atoms with E-state index in [1.54, 1.807) is 6.07 Å². The molecule has 10 nitrogen and oxygen atoms in total. The Bertz CT molecular complexity index is 1430. The van der Waals surface area contributed by atoms with Gasteiger partial charge < -0.3 is 16.2 Å². The van der Waals surface area contributed by atoms with Crippen molar-refractivity contribution in [3.8, 4) is 11.1 Å². The van der Waals surface area contributed by atoms with Gasteiger partial charge in [0.1, 0.15) is 29.0 Å². The second-order valence-electron chi connectivity index (χ2n) is 7.48. The van der Waals surface area contributed by atoms with Crippen LogP contribution in [0.25, 0.3) is 16.6 Å². The molecule has 180 valence electrons. The lowest BCUT2D eigenvalue weighted by atomic mass is 9.97. The van der Waals surface area contributed by atoms with E-state index in [0.717, 1.165) is 24.9 Å². The number of hydrogen-bond acceptors (Lipinski definition) is 9. The summed E-state index contributed by atoms with van der Waals surface area (Å²) in [5.41, 5.74) is 12.0. The van der Waals surface area contributed by atoms with Crippen LogP contribution in [0.2, 0.25) is 0 Å². The average Bonchev–Trinajstić information content (AvgIpc) is 3.22. The van der Waals surface area contributed by atoms with Crippen molar-refractivity contribution in [1.29, 1.82) is 5.53 Å². The van der Waals surface area contributed by atoms with Crippen molar-refractivity contribution in [2.24, 2.45) is 5.11 Å². The number of aromatic nitrogens is 5. The minimum absolute atomic E-state index is 0.0326. The molecule has 3 aromatic heterocycles. The van der Waals surface area contributed by atoms with Gasteiger partial charge in [0, 0.05) is 29.7 Å². The highest BCUT2D eigenvalue weighted by molar-refractivity contribution is 5.88. The molecule has 4 rings (SSSR count). The third-order valence-electron chi connectivity index (χ3n) is 5.16. The molecule has 0 aliphatic rings. The molecule has 1 atom stereocenters. The van der Waals surface area contributed by atoms with E-state index in [0.29, 0.717) is 0 Å². The molecule has 1 unspecified atom stereocenters. The summed E-state index contributed by atoms with van der Waals surface area (Å²) in [5, 5.41) is 21.5. The minimum Gasteiger partial charge on any atom is -0.382 e. The van der Waals surface area contributed by atoms with E-state index < -0.39 is 23.4 Å². The second kappa shape index (κ2) is 8.72. The first-order valence-corrected chi connectivity index (χ1v) is 9.88. The lowest BCUT2D eigenvalue weighted by Gasteiger charge is -2.23. The quantitative estimate of drug-likeness (QED) is 0.236. The van der Waals surface area contributed by atoms with Crippen LogP contribution in [-0.4, -0.2) is 29.7 Å². The number of para-hydroxylation sites is 1. The van der Waals surface area contributed by atoms with E-state index >= 15 is 0 Å². The van der Waals surface area contributed by atoms with Crippen LogP contribution in [0, 0.1) is 11.3 Å². The zero-order valence-corrected chi connectivity index (χ0v) is 17.9. The van der Waals surface area contributed by atoms with Crippen LogP contribution >= 0.6 is 0 Å². The molecule has 0 aliphatic heterocycles. The standard InChI is InChI=1S/C21H17F4N9O/c1-20(35,15(33-27)9-28-14-5-3-2-4-13(14)22)16-6-12(17-18(26)31-10-32-34(16)17)11-7-29-19(30-8-11)21(23,24)25/h2-10,27-28,35H,1H3,(H2,26,31,32)/b15-9-,33-27?. The van der Waals surface area contributed by atoms with Crippen molar-refractivity contribution in [2.45, 2.75) is 18.7 Å². The van der Waals surface area contributed by atoms with E-state index in [1.165, 1.54) is 35.7 Å². The molecule has 0 saturated carbocycles. The van der Waals surface area contributed by atoms with Crippen LogP contribution in [0.5, 0.6) is 0 Å². The molecule has 35 heavy (non-hydrogen) atoms. The maximum Gasteiger partial charge on any atom is 0.451 e. The van der Waals surface area contributed by atoms with Crippen molar-refractivity contribution in [3.05, 3.63) is 78.3 Å². The number of benzene rings is 1. The topological polar surface area (TPSA) is 150 Å². The molecule has 5 N–H and O–H groups in total. The number of aliphatic hydroxyl groups is 1. The van der Waals surface area contributed by atoms with Crippen LogP contribution < -0.4 is 11.1 Å². The number of anilines is 2. The lowest BCUT2D eigenvalue weighted by molar-refractivity contribution is -0.144. The van der Waals surface area contributed by atoms with Gasteiger partial charge in [-0.15, -0.1) is 0 Å². The number of rotatable bonds is 6. The Balaban J connectivity index is 1.83. The third-order valence-corrected chi connectivity index (χ3v) is 5.16. The lowest BCUT2D eigenvalue weighted by Crippen LogP contribution is -2.26. The monoisotopic (exact) mass is 487 g/mol. The number of alkyl halides is 3. The van der Waals surface area contributed by atoms with Gasteiger partial charge in [-0.2, -0.15) is 23.4 Å². The second-order valence-corrected chi connectivity index (χ2v) is 7.48. The van der Waals surface area contributed by atoms with Crippen LogP contribution in [0.4, 0.5) is 29.1 Å². The molecule has 0 spiro atoms. The molecule has 4 aromatic rings. The maximum atomic E-state index is 14.0. The summed E-state index contributed by atoms with van der Waals surface area (Å²) >= 11 is 0. The van der Waals surface area contributed by atoms with Crippen molar-refractivity contribution in [3.63, 3.8) is 0 Å². The van der Waals surface area contributed by atoms with Crippen LogP contribution in [-0.2, 0) is 11.8 Å². The first kappa shape index (κ1) is 23.7. The van der Waals surface area contributed by atoms with Gasteiger partial charge in [-0.05, 0) is 25.1 Å². The average molecular weight is 487 g/mol. The number of nitrogens with one attached hydrogen (secondary N) is 2. The summed E-state index contributed by atoms with van der Waals surface area (Å²) in [5.74, 6) is -1.92. The van der Waals surface area contributed by atoms with Gasteiger partial charge in [-0.25, -0.2) is 29.4 Å². The molecule has 0 amide bonds. The molecule has 0 fully saturated rings. The fourth-order valence-electron chi connectivity index (χ4n) is 3.39. The van der Waals surface area contributed by atoms with Crippen molar-refractivity contribution in [1.82, 2.24) is 24.6 Å². The van der Waals surface area contributed by atoms with Crippen LogP contribution in [0.15, 0.2) is 66.1 Å². The normalized spacial score (nSPS) is 14.1. The van der Waals surface area contributed by atoms with Gasteiger partial charge in [0.25, 0.3) is 0 Å². The van der Waals surface area contributed by atoms with Gasteiger partial charge in [0.15, 0.2) is 5.82 Å². The maximum absolute atomic E-state index is 14.0. The summed E-state index contributed by atoms with van der Waals surface area (Å²) in [7, 11) is 0. The van der Waals surface area contributed by atoms with Crippen LogP contribution in [0.3, 0.4) is 0 Å². The van der Waals surface area contributed by atoms with E-state index in [-0.39, 0.29) is 39.5 Å². The Labute approximate surface area is 194 Å². The summed E-state index contributed by atoms with van der Waals surface area (Å²) in [6.45, 7) is 1.31. The summed E-state index contributed by atoms with van der Waals surface area (Å²) in [6, 6.07) is 7.16. The number of halogens is 4. The van der Waals surface area contributed by atoms with Crippen LogP contribution in [0.1, 0.15) is 18.4 Å². The summed E-state index contributed by atoms with van der Waals surface area (Å²) in [4.78, 5) is 10.6. The molecule has 0 bridgehead atoms. The molecule has 0 aliphatic carbocycles. The fourth-order valence-corrected chi connectivity index (χ4v) is 3.39. The molecule has 0 radical (unpaired) electrons. The molecule has 1 aromatic carbocycles. The predicted octanol–water partition coefficient (Wildman–Crippen LogP) is 4.12. The molecule has 0 saturated heterocycles. The molecular formula is C21H17F4N9O. The number of nitrogens with zero attached hydrogens (tertiary/aromatic N) is 6. The Morgan fingerprint density at radius 3 is 2.51 bits per heavy atom. The summed E-state index contributed by atoms with van der Waals surface area (Å²) < 4.78 is 53.8. The van der Waals surface area contributed by atoms with E-state index in [1.807, 2.05) is 0 Å².